The van der Waals surface area contributed by atoms with Gasteiger partial charge in [0.05, 0.1) is 11.6 Å². The maximum Gasteiger partial charge on any atom is 0.254 e. The van der Waals surface area contributed by atoms with Crippen LogP contribution in [0.5, 0.6) is 0 Å². The standard InChI is InChI=1S/C17H18FNO2/c1-12-6-5-9-14(16(12)18)17(21)19-15(10-11-20)13-7-3-2-4-8-13/h2-9,15,20H,10-11H2,1H3,(H,19,21)/t15-/m0/s1. The van der Waals surface area contributed by atoms with Gasteiger partial charge < -0.3 is 10.4 Å². The van der Waals surface area contributed by atoms with Gasteiger partial charge in [-0.05, 0) is 30.5 Å². The summed E-state index contributed by atoms with van der Waals surface area (Å²) in [6, 6.07) is 13.7. The van der Waals surface area contributed by atoms with Gasteiger partial charge in [-0.3, -0.25) is 4.79 Å². The van der Waals surface area contributed by atoms with Crippen molar-refractivity contribution < 1.29 is 14.3 Å². The number of hydrogen-bond donors (Lipinski definition) is 2. The Bertz CT molecular complexity index is 613. The minimum absolute atomic E-state index is 0.0221. The van der Waals surface area contributed by atoms with Crippen molar-refractivity contribution in [3.8, 4) is 0 Å². The summed E-state index contributed by atoms with van der Waals surface area (Å²) in [6.07, 6.45) is 0.378. The molecule has 0 saturated carbocycles. The monoisotopic (exact) mass is 287 g/mol. The number of rotatable bonds is 5. The summed E-state index contributed by atoms with van der Waals surface area (Å²) in [7, 11) is 0. The van der Waals surface area contributed by atoms with Crippen LogP contribution in [0.3, 0.4) is 0 Å². The highest BCUT2D eigenvalue weighted by molar-refractivity contribution is 5.94. The fourth-order valence-corrected chi connectivity index (χ4v) is 2.20. The second-order valence-electron chi connectivity index (χ2n) is 4.89. The smallest absolute Gasteiger partial charge is 0.254 e. The molecule has 1 atom stereocenters. The van der Waals surface area contributed by atoms with E-state index in [0.717, 1.165) is 5.56 Å². The van der Waals surface area contributed by atoms with Crippen LogP contribution in [-0.4, -0.2) is 17.6 Å². The van der Waals surface area contributed by atoms with Crippen molar-refractivity contribution in [3.05, 3.63) is 71.0 Å². The average Bonchev–Trinajstić information content (AvgIpc) is 2.50. The lowest BCUT2D eigenvalue weighted by atomic mass is 10.0. The third-order valence-corrected chi connectivity index (χ3v) is 3.36. The zero-order valence-electron chi connectivity index (χ0n) is 11.8. The molecule has 0 aliphatic carbocycles. The van der Waals surface area contributed by atoms with Crippen LogP contribution in [-0.2, 0) is 0 Å². The number of carbonyl (C=O) groups excluding carboxylic acids is 1. The largest absolute Gasteiger partial charge is 0.396 e. The van der Waals surface area contributed by atoms with Crippen LogP contribution in [0.4, 0.5) is 4.39 Å². The van der Waals surface area contributed by atoms with Crippen molar-refractivity contribution in [1.82, 2.24) is 5.32 Å². The third-order valence-electron chi connectivity index (χ3n) is 3.36. The Morgan fingerprint density at radius 3 is 2.57 bits per heavy atom. The molecule has 3 nitrogen and oxygen atoms in total. The van der Waals surface area contributed by atoms with E-state index in [-0.39, 0.29) is 18.2 Å². The number of nitrogens with one attached hydrogen (secondary N) is 1. The summed E-state index contributed by atoms with van der Waals surface area (Å²) in [5.74, 6) is -0.982. The number of halogens is 1. The van der Waals surface area contributed by atoms with Crippen LogP contribution in [0.2, 0.25) is 0 Å². The van der Waals surface area contributed by atoms with Gasteiger partial charge in [-0.1, -0.05) is 42.5 Å². The lowest BCUT2D eigenvalue weighted by molar-refractivity contribution is 0.0925. The van der Waals surface area contributed by atoms with Gasteiger partial charge in [0.25, 0.3) is 5.91 Å². The zero-order valence-corrected chi connectivity index (χ0v) is 11.8. The average molecular weight is 287 g/mol. The van der Waals surface area contributed by atoms with E-state index >= 15 is 0 Å². The van der Waals surface area contributed by atoms with E-state index in [1.807, 2.05) is 30.3 Å². The van der Waals surface area contributed by atoms with Crippen LogP contribution in [0.15, 0.2) is 48.5 Å². The second kappa shape index (κ2) is 6.99. The number of benzene rings is 2. The Morgan fingerprint density at radius 1 is 1.19 bits per heavy atom. The van der Waals surface area contributed by atoms with E-state index in [1.54, 1.807) is 19.1 Å². The summed E-state index contributed by atoms with van der Waals surface area (Å²) >= 11 is 0. The van der Waals surface area contributed by atoms with Crippen molar-refractivity contribution in [2.75, 3.05) is 6.61 Å². The van der Waals surface area contributed by atoms with Gasteiger partial charge in [0, 0.05) is 6.61 Å². The third kappa shape index (κ3) is 3.67. The van der Waals surface area contributed by atoms with Gasteiger partial charge in [0.15, 0.2) is 0 Å². The highest BCUT2D eigenvalue weighted by Gasteiger charge is 2.18. The molecule has 0 unspecified atom stereocenters. The second-order valence-corrected chi connectivity index (χ2v) is 4.89. The molecule has 0 heterocycles. The summed E-state index contributed by atoms with van der Waals surface area (Å²) in [5.41, 5.74) is 1.34. The van der Waals surface area contributed by atoms with E-state index in [4.69, 9.17) is 5.11 Å². The van der Waals surface area contributed by atoms with E-state index < -0.39 is 11.7 Å². The van der Waals surface area contributed by atoms with Crippen LogP contribution >= 0.6 is 0 Å². The van der Waals surface area contributed by atoms with Crippen LogP contribution in [0, 0.1) is 12.7 Å². The minimum atomic E-state index is -0.509. The quantitative estimate of drug-likeness (QED) is 0.888. The zero-order chi connectivity index (χ0) is 15.2. The van der Waals surface area contributed by atoms with Crippen molar-refractivity contribution in [1.29, 1.82) is 0 Å². The van der Waals surface area contributed by atoms with Gasteiger partial charge in [-0.2, -0.15) is 0 Å². The van der Waals surface area contributed by atoms with Crippen molar-refractivity contribution in [2.45, 2.75) is 19.4 Å². The Labute approximate surface area is 123 Å². The summed E-state index contributed by atoms with van der Waals surface area (Å²) in [4.78, 5) is 12.2. The van der Waals surface area contributed by atoms with Gasteiger partial charge in [0.2, 0.25) is 0 Å². The SMILES string of the molecule is Cc1cccc(C(=O)N[C@@H](CCO)c2ccccc2)c1F. The summed E-state index contributed by atoms with van der Waals surface area (Å²) in [6.45, 7) is 1.56. The maximum atomic E-state index is 14.0. The molecule has 0 bridgehead atoms. The fourth-order valence-electron chi connectivity index (χ4n) is 2.20. The topological polar surface area (TPSA) is 49.3 Å². The number of aliphatic hydroxyl groups excluding tert-OH is 1. The molecule has 2 aromatic carbocycles. The molecule has 0 spiro atoms. The van der Waals surface area contributed by atoms with Gasteiger partial charge >= 0.3 is 0 Å². The number of aryl methyl sites for hydroxylation is 1. The molecular formula is C17H18FNO2. The molecule has 0 aromatic heterocycles. The molecule has 2 aromatic rings. The first-order valence-electron chi connectivity index (χ1n) is 6.85. The molecule has 4 heteroatoms. The van der Waals surface area contributed by atoms with Crippen LogP contribution in [0.1, 0.15) is 33.9 Å². The predicted octanol–water partition coefficient (Wildman–Crippen LogP) is 2.99. The number of amides is 1. The van der Waals surface area contributed by atoms with Gasteiger partial charge in [-0.25, -0.2) is 4.39 Å². The summed E-state index contributed by atoms with van der Waals surface area (Å²) < 4.78 is 14.0. The molecule has 0 aliphatic heterocycles. The predicted molar refractivity (Wildman–Crippen MR) is 79.5 cm³/mol. The Hall–Kier alpha value is -2.20. The van der Waals surface area contributed by atoms with Gasteiger partial charge in [0.1, 0.15) is 5.82 Å². The van der Waals surface area contributed by atoms with Crippen molar-refractivity contribution in [2.24, 2.45) is 0 Å². The van der Waals surface area contributed by atoms with E-state index in [0.29, 0.717) is 12.0 Å². The molecule has 0 radical (unpaired) electrons. The number of aliphatic hydroxyl groups is 1. The lowest BCUT2D eigenvalue weighted by Gasteiger charge is -2.18. The van der Waals surface area contributed by atoms with Crippen molar-refractivity contribution in [3.63, 3.8) is 0 Å². The minimum Gasteiger partial charge on any atom is -0.396 e. The molecule has 0 aliphatic rings. The normalized spacial score (nSPS) is 12.0. The molecule has 21 heavy (non-hydrogen) atoms. The van der Waals surface area contributed by atoms with E-state index in [9.17, 15) is 9.18 Å². The first-order valence-corrected chi connectivity index (χ1v) is 6.85. The van der Waals surface area contributed by atoms with Crippen LogP contribution in [0.25, 0.3) is 0 Å². The van der Waals surface area contributed by atoms with Crippen molar-refractivity contribution >= 4 is 5.91 Å². The van der Waals surface area contributed by atoms with E-state index in [2.05, 4.69) is 5.32 Å². The Morgan fingerprint density at radius 2 is 1.90 bits per heavy atom. The number of carbonyl (C=O) groups is 1. The Balaban J connectivity index is 2.21. The highest BCUT2D eigenvalue weighted by atomic mass is 19.1. The fraction of sp³-hybridized carbons (Fsp3) is 0.235. The molecule has 2 N–H and O–H groups in total. The maximum absolute atomic E-state index is 14.0. The molecule has 2 rings (SSSR count). The molecular weight excluding hydrogens is 269 g/mol. The Kier molecular flexibility index (Phi) is 5.06. The molecule has 110 valence electrons. The molecule has 0 saturated heterocycles. The summed E-state index contributed by atoms with van der Waals surface area (Å²) in [5, 5.41) is 11.9. The van der Waals surface area contributed by atoms with Crippen LogP contribution < -0.4 is 5.32 Å². The molecule has 1 amide bonds. The van der Waals surface area contributed by atoms with Gasteiger partial charge in [-0.15, -0.1) is 0 Å². The first kappa shape index (κ1) is 15.2. The number of hydrogen-bond acceptors (Lipinski definition) is 2. The van der Waals surface area contributed by atoms with E-state index in [1.165, 1.54) is 6.07 Å². The lowest BCUT2D eigenvalue weighted by Crippen LogP contribution is -2.30. The highest BCUT2D eigenvalue weighted by Crippen LogP contribution is 2.18. The molecule has 0 fully saturated rings. The first-order chi connectivity index (χ1) is 10.1.